The van der Waals surface area contributed by atoms with Crippen molar-refractivity contribution >= 4 is 11.7 Å². The zero-order valence-corrected chi connectivity index (χ0v) is 14.3. The van der Waals surface area contributed by atoms with Gasteiger partial charge in [0.05, 0.1) is 6.54 Å². The van der Waals surface area contributed by atoms with Crippen LogP contribution in [0.15, 0.2) is 24.5 Å². The number of hydrogen-bond donors (Lipinski definition) is 1. The third kappa shape index (κ3) is 3.90. The number of aryl methyl sites for hydroxylation is 1. The highest BCUT2D eigenvalue weighted by molar-refractivity contribution is 5.79. The predicted octanol–water partition coefficient (Wildman–Crippen LogP) is 1.85. The Morgan fingerprint density at radius 3 is 2.79 bits per heavy atom. The van der Waals surface area contributed by atoms with Gasteiger partial charge in [0.25, 0.3) is 0 Å². The number of aromatic nitrogens is 4. The van der Waals surface area contributed by atoms with Gasteiger partial charge >= 0.3 is 0 Å². The van der Waals surface area contributed by atoms with Crippen LogP contribution >= 0.6 is 0 Å². The molecule has 3 rings (SSSR count). The van der Waals surface area contributed by atoms with Crippen LogP contribution in [-0.2, 0) is 11.3 Å². The zero-order chi connectivity index (χ0) is 16.9. The van der Waals surface area contributed by atoms with Crippen LogP contribution in [0.25, 0.3) is 0 Å². The lowest BCUT2D eigenvalue weighted by Gasteiger charge is -2.28. The Bertz CT molecular complexity index is 678. The molecule has 1 aliphatic heterocycles. The van der Waals surface area contributed by atoms with E-state index in [-0.39, 0.29) is 11.9 Å². The van der Waals surface area contributed by atoms with Gasteiger partial charge in [-0.25, -0.2) is 9.97 Å². The highest BCUT2D eigenvalue weighted by atomic mass is 16.2. The number of nitrogens with one attached hydrogen (secondary N) is 1. The third-order valence-electron chi connectivity index (χ3n) is 4.29. The standard InChI is InChI=1S/C17H24N6O/c1-13-11-16(22-8-4-3-5-9-22)21-15(20-13)12-18-17(24)14(2)23-10-6-7-19-23/h6-7,10-11,14H,3-5,8-9,12H2,1-2H3,(H,18,24). The molecule has 1 fully saturated rings. The molecule has 0 bridgehead atoms. The van der Waals surface area contributed by atoms with Gasteiger partial charge in [-0.15, -0.1) is 0 Å². The summed E-state index contributed by atoms with van der Waals surface area (Å²) in [5.74, 6) is 1.52. The van der Waals surface area contributed by atoms with Gasteiger partial charge in [0.15, 0.2) is 0 Å². The quantitative estimate of drug-likeness (QED) is 0.906. The van der Waals surface area contributed by atoms with Crippen LogP contribution in [0, 0.1) is 6.92 Å². The minimum atomic E-state index is -0.355. The summed E-state index contributed by atoms with van der Waals surface area (Å²) in [5, 5.41) is 7.00. The molecule has 1 unspecified atom stereocenters. The van der Waals surface area contributed by atoms with Crippen molar-refractivity contribution in [3.8, 4) is 0 Å². The Morgan fingerprint density at radius 1 is 1.29 bits per heavy atom. The van der Waals surface area contributed by atoms with Crippen LogP contribution in [0.3, 0.4) is 0 Å². The molecule has 0 saturated carbocycles. The SMILES string of the molecule is Cc1cc(N2CCCCC2)nc(CNC(=O)C(C)n2cccn2)n1. The maximum absolute atomic E-state index is 12.2. The van der Waals surface area contributed by atoms with E-state index in [4.69, 9.17) is 0 Å². The second-order valence-electron chi connectivity index (χ2n) is 6.21. The second kappa shape index (κ2) is 7.42. The average Bonchev–Trinajstić information content (AvgIpc) is 3.14. The smallest absolute Gasteiger partial charge is 0.244 e. The van der Waals surface area contributed by atoms with E-state index in [2.05, 4.69) is 25.3 Å². The maximum atomic E-state index is 12.2. The summed E-state index contributed by atoms with van der Waals surface area (Å²) in [6.07, 6.45) is 7.14. The highest BCUT2D eigenvalue weighted by Crippen LogP contribution is 2.18. The van der Waals surface area contributed by atoms with Crippen LogP contribution in [0.5, 0.6) is 0 Å². The Labute approximate surface area is 142 Å². The maximum Gasteiger partial charge on any atom is 0.244 e. The lowest BCUT2D eigenvalue weighted by molar-refractivity contribution is -0.124. The third-order valence-corrected chi connectivity index (χ3v) is 4.29. The van der Waals surface area contributed by atoms with Gasteiger partial charge in [0, 0.05) is 37.2 Å². The van der Waals surface area contributed by atoms with Gasteiger partial charge in [-0.05, 0) is 39.2 Å². The van der Waals surface area contributed by atoms with Gasteiger partial charge in [-0.2, -0.15) is 5.10 Å². The molecular formula is C17H24N6O. The van der Waals surface area contributed by atoms with Gasteiger partial charge in [0.2, 0.25) is 5.91 Å². The molecule has 2 aromatic heterocycles. The molecule has 7 nitrogen and oxygen atoms in total. The Kier molecular flexibility index (Phi) is 5.08. The molecule has 1 amide bonds. The molecule has 24 heavy (non-hydrogen) atoms. The topological polar surface area (TPSA) is 75.9 Å². The molecule has 1 N–H and O–H groups in total. The molecular weight excluding hydrogens is 304 g/mol. The van der Waals surface area contributed by atoms with E-state index in [0.29, 0.717) is 12.4 Å². The Balaban J connectivity index is 1.64. The number of piperidine rings is 1. The van der Waals surface area contributed by atoms with E-state index in [1.807, 2.05) is 19.9 Å². The molecule has 0 radical (unpaired) electrons. The molecule has 1 atom stereocenters. The van der Waals surface area contributed by atoms with Gasteiger partial charge in [-0.3, -0.25) is 9.48 Å². The molecule has 3 heterocycles. The van der Waals surface area contributed by atoms with Gasteiger partial charge in [0.1, 0.15) is 17.7 Å². The highest BCUT2D eigenvalue weighted by Gasteiger charge is 2.17. The molecule has 128 valence electrons. The summed E-state index contributed by atoms with van der Waals surface area (Å²) in [6.45, 7) is 6.19. The van der Waals surface area contributed by atoms with E-state index in [1.165, 1.54) is 19.3 Å². The summed E-state index contributed by atoms with van der Waals surface area (Å²) in [6, 6.07) is 3.47. The molecule has 1 saturated heterocycles. The monoisotopic (exact) mass is 328 g/mol. The molecule has 0 spiro atoms. The normalized spacial score (nSPS) is 16.0. The lowest BCUT2D eigenvalue weighted by Crippen LogP contribution is -2.33. The lowest BCUT2D eigenvalue weighted by atomic mass is 10.1. The summed E-state index contributed by atoms with van der Waals surface area (Å²) < 4.78 is 1.63. The van der Waals surface area contributed by atoms with E-state index in [1.54, 1.807) is 23.1 Å². The van der Waals surface area contributed by atoms with Crippen molar-refractivity contribution in [2.24, 2.45) is 0 Å². The Morgan fingerprint density at radius 2 is 2.08 bits per heavy atom. The second-order valence-corrected chi connectivity index (χ2v) is 6.21. The first-order chi connectivity index (χ1) is 11.6. The summed E-state index contributed by atoms with van der Waals surface area (Å²) in [7, 11) is 0. The number of anilines is 1. The predicted molar refractivity (Wildman–Crippen MR) is 91.6 cm³/mol. The number of hydrogen-bond acceptors (Lipinski definition) is 5. The summed E-state index contributed by atoms with van der Waals surface area (Å²) in [5.41, 5.74) is 0.926. The number of rotatable bonds is 5. The molecule has 0 aromatic carbocycles. The van der Waals surface area contributed by atoms with Crippen molar-refractivity contribution in [2.75, 3.05) is 18.0 Å². The molecule has 1 aliphatic rings. The largest absolute Gasteiger partial charge is 0.357 e. The number of carbonyl (C=O) groups is 1. The van der Waals surface area contributed by atoms with Crippen LogP contribution in [0.4, 0.5) is 5.82 Å². The van der Waals surface area contributed by atoms with Crippen LogP contribution in [0.2, 0.25) is 0 Å². The molecule has 7 heteroatoms. The summed E-state index contributed by atoms with van der Waals surface area (Å²) in [4.78, 5) is 23.6. The fraction of sp³-hybridized carbons (Fsp3) is 0.529. The number of carbonyl (C=O) groups excluding carboxylic acids is 1. The van der Waals surface area contributed by atoms with Crippen LogP contribution < -0.4 is 10.2 Å². The van der Waals surface area contributed by atoms with Crippen molar-refractivity contribution < 1.29 is 4.79 Å². The van der Waals surface area contributed by atoms with E-state index < -0.39 is 0 Å². The van der Waals surface area contributed by atoms with Crippen molar-refractivity contribution in [1.29, 1.82) is 0 Å². The molecule has 2 aromatic rings. The number of amides is 1. The van der Waals surface area contributed by atoms with E-state index >= 15 is 0 Å². The van der Waals surface area contributed by atoms with Gasteiger partial charge < -0.3 is 10.2 Å². The first kappa shape index (κ1) is 16.4. The molecule has 0 aliphatic carbocycles. The van der Waals surface area contributed by atoms with Crippen LogP contribution in [-0.4, -0.2) is 38.7 Å². The fourth-order valence-corrected chi connectivity index (χ4v) is 2.92. The van der Waals surface area contributed by atoms with E-state index in [9.17, 15) is 4.79 Å². The van der Waals surface area contributed by atoms with Crippen LogP contribution in [0.1, 0.15) is 43.7 Å². The van der Waals surface area contributed by atoms with Crippen molar-refractivity contribution in [2.45, 2.75) is 45.7 Å². The zero-order valence-electron chi connectivity index (χ0n) is 14.3. The summed E-state index contributed by atoms with van der Waals surface area (Å²) >= 11 is 0. The van der Waals surface area contributed by atoms with E-state index in [0.717, 1.165) is 24.6 Å². The van der Waals surface area contributed by atoms with Gasteiger partial charge in [-0.1, -0.05) is 0 Å². The minimum absolute atomic E-state index is 0.0941. The van der Waals surface area contributed by atoms with Crippen molar-refractivity contribution in [3.63, 3.8) is 0 Å². The minimum Gasteiger partial charge on any atom is -0.357 e. The Hall–Kier alpha value is -2.44. The fourth-order valence-electron chi connectivity index (χ4n) is 2.92. The van der Waals surface area contributed by atoms with Crippen molar-refractivity contribution in [1.82, 2.24) is 25.1 Å². The number of nitrogens with zero attached hydrogens (tertiary/aromatic N) is 5. The first-order valence-corrected chi connectivity index (χ1v) is 8.50. The van der Waals surface area contributed by atoms with Crippen molar-refractivity contribution in [3.05, 3.63) is 36.0 Å². The average molecular weight is 328 g/mol. The first-order valence-electron chi connectivity index (χ1n) is 8.50.